The van der Waals surface area contributed by atoms with Gasteiger partial charge in [-0.05, 0) is 29.6 Å². The minimum absolute atomic E-state index is 0.301. The molecule has 1 aromatic carbocycles. The van der Waals surface area contributed by atoms with Crippen LogP contribution < -0.4 is 15.4 Å². The van der Waals surface area contributed by atoms with Crippen molar-refractivity contribution < 1.29 is 9.53 Å². The maximum atomic E-state index is 11.8. The quantitative estimate of drug-likeness (QED) is 0.889. The van der Waals surface area contributed by atoms with E-state index in [2.05, 4.69) is 26.6 Å². The Bertz CT molecular complexity index is 543. The number of hydrogen-bond donors (Lipinski definition) is 2. The summed E-state index contributed by atoms with van der Waals surface area (Å²) in [4.78, 5) is 11.8. The fraction of sp³-hybridized carbons (Fsp3) is 0.0833. The van der Waals surface area contributed by atoms with Crippen LogP contribution in [0.5, 0.6) is 5.75 Å². The van der Waals surface area contributed by atoms with Gasteiger partial charge in [0.25, 0.3) is 0 Å². The number of carbonyl (C=O) groups excluding carboxylic acids is 1. The average molecular weight is 327 g/mol. The molecule has 2 aromatic rings. The van der Waals surface area contributed by atoms with Crippen LogP contribution in [0.1, 0.15) is 0 Å². The Balaban J connectivity index is 2.08. The maximum absolute atomic E-state index is 11.8. The van der Waals surface area contributed by atoms with Crippen LogP contribution in [0.3, 0.4) is 0 Å². The van der Waals surface area contributed by atoms with Crippen molar-refractivity contribution >= 4 is 44.7 Å². The molecule has 6 heteroatoms. The number of thiophene rings is 1. The molecule has 0 aliphatic rings. The van der Waals surface area contributed by atoms with E-state index >= 15 is 0 Å². The smallest absolute Gasteiger partial charge is 0.323 e. The van der Waals surface area contributed by atoms with Gasteiger partial charge in [0.2, 0.25) is 0 Å². The van der Waals surface area contributed by atoms with E-state index in [9.17, 15) is 4.79 Å². The number of ether oxygens (including phenoxy) is 1. The van der Waals surface area contributed by atoms with Crippen molar-refractivity contribution in [1.29, 1.82) is 0 Å². The maximum Gasteiger partial charge on any atom is 0.323 e. The summed E-state index contributed by atoms with van der Waals surface area (Å²) in [6, 6.07) is 6.95. The summed E-state index contributed by atoms with van der Waals surface area (Å²) in [5.41, 5.74) is 1.38. The molecule has 4 nitrogen and oxygen atoms in total. The fourth-order valence-electron chi connectivity index (χ4n) is 1.40. The highest BCUT2D eigenvalue weighted by Gasteiger charge is 2.08. The lowest BCUT2D eigenvalue weighted by Crippen LogP contribution is -2.19. The van der Waals surface area contributed by atoms with Crippen molar-refractivity contribution in [2.24, 2.45) is 0 Å². The Morgan fingerprint density at radius 1 is 1.33 bits per heavy atom. The average Bonchev–Trinajstić information content (AvgIpc) is 2.82. The summed E-state index contributed by atoms with van der Waals surface area (Å²) in [5, 5.41) is 9.23. The number of amides is 2. The molecular weight excluding hydrogens is 316 g/mol. The molecule has 18 heavy (non-hydrogen) atoms. The number of anilines is 2. The first-order chi connectivity index (χ1) is 8.69. The number of carbonyl (C=O) groups is 1. The van der Waals surface area contributed by atoms with E-state index in [-0.39, 0.29) is 6.03 Å². The summed E-state index contributed by atoms with van der Waals surface area (Å²) in [7, 11) is 1.56. The highest BCUT2D eigenvalue weighted by Crippen LogP contribution is 2.28. The molecule has 0 aliphatic carbocycles. The Morgan fingerprint density at radius 2 is 2.17 bits per heavy atom. The van der Waals surface area contributed by atoms with Crippen molar-refractivity contribution in [2.45, 2.75) is 0 Å². The van der Waals surface area contributed by atoms with Crippen molar-refractivity contribution in [1.82, 2.24) is 0 Å². The minimum atomic E-state index is -0.301. The normalized spacial score (nSPS) is 9.89. The standard InChI is InChI=1S/C12H11BrN2O2S/c1-17-11-3-2-8(13)6-10(11)15-12(16)14-9-4-5-18-7-9/h2-7H,1H3,(H2,14,15,16). The van der Waals surface area contributed by atoms with Crippen LogP contribution in [-0.4, -0.2) is 13.1 Å². The molecule has 0 aliphatic heterocycles. The molecule has 0 spiro atoms. The second kappa shape index (κ2) is 5.88. The van der Waals surface area contributed by atoms with Crippen LogP contribution in [0.15, 0.2) is 39.5 Å². The lowest BCUT2D eigenvalue weighted by molar-refractivity contribution is 0.262. The molecule has 0 atom stereocenters. The van der Waals surface area contributed by atoms with Crippen LogP contribution in [0.25, 0.3) is 0 Å². The lowest BCUT2D eigenvalue weighted by atomic mass is 10.3. The first kappa shape index (κ1) is 12.9. The molecule has 2 rings (SSSR count). The molecule has 0 bridgehead atoms. The van der Waals surface area contributed by atoms with Gasteiger partial charge in [-0.15, -0.1) is 0 Å². The van der Waals surface area contributed by atoms with Gasteiger partial charge in [-0.25, -0.2) is 4.79 Å². The van der Waals surface area contributed by atoms with E-state index in [1.165, 1.54) is 11.3 Å². The molecule has 0 saturated carbocycles. The molecule has 2 amide bonds. The zero-order valence-corrected chi connectivity index (χ0v) is 12.0. The number of nitrogens with one attached hydrogen (secondary N) is 2. The second-order valence-corrected chi connectivity index (χ2v) is 5.13. The third-order valence-corrected chi connectivity index (χ3v) is 3.37. The van der Waals surface area contributed by atoms with Crippen LogP contribution in [-0.2, 0) is 0 Å². The van der Waals surface area contributed by atoms with E-state index in [1.54, 1.807) is 19.2 Å². The number of urea groups is 1. The molecule has 1 heterocycles. The second-order valence-electron chi connectivity index (χ2n) is 3.44. The van der Waals surface area contributed by atoms with Crippen molar-refractivity contribution in [3.63, 3.8) is 0 Å². The molecular formula is C12H11BrN2O2S. The van der Waals surface area contributed by atoms with E-state index in [0.717, 1.165) is 10.2 Å². The van der Waals surface area contributed by atoms with E-state index in [1.807, 2.05) is 22.9 Å². The Morgan fingerprint density at radius 3 is 2.83 bits per heavy atom. The van der Waals surface area contributed by atoms with E-state index in [4.69, 9.17) is 4.74 Å². The van der Waals surface area contributed by atoms with Crippen LogP contribution >= 0.6 is 27.3 Å². The van der Waals surface area contributed by atoms with Gasteiger partial charge in [-0.3, -0.25) is 0 Å². The van der Waals surface area contributed by atoms with Crippen molar-refractivity contribution in [3.05, 3.63) is 39.5 Å². The number of hydrogen-bond acceptors (Lipinski definition) is 3. The largest absolute Gasteiger partial charge is 0.495 e. The van der Waals surface area contributed by atoms with E-state index in [0.29, 0.717) is 11.4 Å². The summed E-state index contributed by atoms with van der Waals surface area (Å²) >= 11 is 4.87. The third-order valence-electron chi connectivity index (χ3n) is 2.19. The number of methoxy groups -OCH3 is 1. The highest BCUT2D eigenvalue weighted by molar-refractivity contribution is 9.10. The van der Waals surface area contributed by atoms with E-state index < -0.39 is 0 Å². The topological polar surface area (TPSA) is 50.4 Å². The summed E-state index contributed by atoms with van der Waals surface area (Å²) in [6.07, 6.45) is 0. The van der Waals surface area contributed by atoms with Crippen LogP contribution in [0.4, 0.5) is 16.2 Å². The van der Waals surface area contributed by atoms with Crippen LogP contribution in [0, 0.1) is 0 Å². The summed E-state index contributed by atoms with van der Waals surface area (Å²) in [6.45, 7) is 0. The fourth-order valence-corrected chi connectivity index (χ4v) is 2.35. The van der Waals surface area contributed by atoms with Gasteiger partial charge < -0.3 is 15.4 Å². The minimum Gasteiger partial charge on any atom is -0.495 e. The predicted octanol–water partition coefficient (Wildman–Crippen LogP) is 4.16. The van der Waals surface area contributed by atoms with Crippen molar-refractivity contribution in [2.75, 3.05) is 17.7 Å². The van der Waals surface area contributed by atoms with Gasteiger partial charge >= 0.3 is 6.03 Å². The molecule has 94 valence electrons. The van der Waals surface area contributed by atoms with Gasteiger partial charge in [-0.2, -0.15) is 11.3 Å². The van der Waals surface area contributed by atoms with Gasteiger partial charge in [0.1, 0.15) is 5.75 Å². The predicted molar refractivity (Wildman–Crippen MR) is 77.7 cm³/mol. The summed E-state index contributed by atoms with van der Waals surface area (Å²) < 4.78 is 6.04. The lowest BCUT2D eigenvalue weighted by Gasteiger charge is -2.10. The number of halogens is 1. The molecule has 0 saturated heterocycles. The molecule has 2 N–H and O–H groups in total. The third kappa shape index (κ3) is 3.24. The Kier molecular flexibility index (Phi) is 4.22. The Hall–Kier alpha value is -1.53. The van der Waals surface area contributed by atoms with Gasteiger partial charge in [-0.1, -0.05) is 15.9 Å². The SMILES string of the molecule is COc1ccc(Br)cc1NC(=O)Nc1ccsc1. The molecule has 0 fully saturated rings. The zero-order valence-electron chi connectivity index (χ0n) is 9.57. The number of rotatable bonds is 3. The van der Waals surface area contributed by atoms with Crippen molar-refractivity contribution in [3.8, 4) is 5.75 Å². The first-order valence-corrected chi connectivity index (χ1v) is 6.86. The van der Waals surface area contributed by atoms with Gasteiger partial charge in [0.15, 0.2) is 0 Å². The summed E-state index contributed by atoms with van der Waals surface area (Å²) in [5.74, 6) is 0.610. The van der Waals surface area contributed by atoms with Crippen LogP contribution in [0.2, 0.25) is 0 Å². The highest BCUT2D eigenvalue weighted by atomic mass is 79.9. The molecule has 0 radical (unpaired) electrons. The monoisotopic (exact) mass is 326 g/mol. The Labute approximate surface area is 117 Å². The molecule has 1 aromatic heterocycles. The first-order valence-electron chi connectivity index (χ1n) is 5.13. The van der Waals surface area contributed by atoms with Gasteiger partial charge in [0.05, 0.1) is 18.5 Å². The number of benzene rings is 1. The zero-order chi connectivity index (χ0) is 13.0. The van der Waals surface area contributed by atoms with Gasteiger partial charge in [0, 0.05) is 9.85 Å². The molecule has 0 unspecified atom stereocenters.